The van der Waals surface area contributed by atoms with Crippen molar-refractivity contribution >= 4 is 22.3 Å². The van der Waals surface area contributed by atoms with Crippen molar-refractivity contribution < 1.29 is 9.66 Å². The quantitative estimate of drug-likeness (QED) is 0.433. The normalized spacial score (nSPS) is 14.1. The van der Waals surface area contributed by atoms with E-state index < -0.39 is 11.4 Å². The first-order valence-electron chi connectivity index (χ1n) is 10.7. The summed E-state index contributed by atoms with van der Waals surface area (Å²) < 4.78 is 16.1. The number of pyridine rings is 1. The highest BCUT2D eigenvalue weighted by Crippen LogP contribution is 2.29. The molecule has 172 valence electrons. The maximum Gasteiger partial charge on any atom is 0.159 e. The van der Waals surface area contributed by atoms with Gasteiger partial charge >= 0.3 is 0 Å². The Balaban J connectivity index is 1.70. The number of fused-ring (bicyclic) bond motifs is 1. The van der Waals surface area contributed by atoms with Crippen molar-refractivity contribution in [2.24, 2.45) is 0 Å². The van der Waals surface area contributed by atoms with Crippen LogP contribution in [-0.4, -0.2) is 50.5 Å². The zero-order chi connectivity index (χ0) is 23.8. The highest BCUT2D eigenvalue weighted by molar-refractivity contribution is 7.90. The van der Waals surface area contributed by atoms with Crippen LogP contribution in [0.2, 0.25) is 0 Å². The lowest BCUT2D eigenvalue weighted by molar-refractivity contribution is 0.276. The Bertz CT molecular complexity index is 1270. The molecule has 0 saturated carbocycles. The van der Waals surface area contributed by atoms with Crippen LogP contribution in [0.4, 0.5) is 0 Å². The topological polar surface area (TPSA) is 103 Å². The molecule has 0 amide bonds. The van der Waals surface area contributed by atoms with Gasteiger partial charge in [-0.2, -0.15) is 5.10 Å². The van der Waals surface area contributed by atoms with Crippen LogP contribution in [0.3, 0.4) is 0 Å². The summed E-state index contributed by atoms with van der Waals surface area (Å²) in [7, 11) is 1.85. The molecular weight excluding hydrogens is 436 g/mol. The number of hydrogen-bond acceptors (Lipinski definition) is 7. The van der Waals surface area contributed by atoms with E-state index in [1.54, 1.807) is 23.1 Å². The molecule has 8 nitrogen and oxygen atoms in total. The molecule has 1 unspecified atom stereocenters. The first kappa shape index (κ1) is 23.3. The maximum absolute atomic E-state index is 12.8. The lowest BCUT2D eigenvalue weighted by Gasteiger charge is -2.33. The average Bonchev–Trinajstić information content (AvgIpc) is 3.25. The Labute approximate surface area is 196 Å². The molecule has 3 aromatic heterocycles. The van der Waals surface area contributed by atoms with E-state index in [4.69, 9.17) is 4.98 Å². The molecule has 0 fully saturated rings. The fraction of sp³-hybridized carbons (Fsp3) is 0.333. The summed E-state index contributed by atoms with van der Waals surface area (Å²) in [4.78, 5) is 13.7. The molecule has 0 aliphatic rings. The molecule has 0 radical (unpaired) electrons. The first-order valence-corrected chi connectivity index (χ1v) is 11.8. The van der Waals surface area contributed by atoms with Crippen LogP contribution in [-0.2, 0) is 18.0 Å². The van der Waals surface area contributed by atoms with Crippen molar-refractivity contribution in [2.45, 2.75) is 45.1 Å². The third kappa shape index (κ3) is 4.77. The highest BCUT2D eigenvalue weighted by atomic mass is 32.2. The number of rotatable bonds is 6. The zero-order valence-corrected chi connectivity index (χ0v) is 20.2. The molecule has 0 spiro atoms. The van der Waals surface area contributed by atoms with Gasteiger partial charge in [-0.05, 0) is 52.0 Å². The summed E-state index contributed by atoms with van der Waals surface area (Å²) in [6, 6.07) is 13.1. The van der Waals surface area contributed by atoms with Crippen LogP contribution >= 0.6 is 0 Å². The average molecular weight is 465 g/mol. The number of aliphatic hydroxyl groups excluding tert-OH is 1. The Hall–Kier alpha value is -2.85. The highest BCUT2D eigenvalue weighted by Gasteiger charge is 2.34. The van der Waals surface area contributed by atoms with Gasteiger partial charge in [-0.25, -0.2) is 19.6 Å². The predicted molar refractivity (Wildman–Crippen MR) is 130 cm³/mol. The number of benzene rings is 1. The lowest BCUT2D eigenvalue weighted by atomic mass is 10.1. The Morgan fingerprint density at radius 3 is 2.67 bits per heavy atom. The summed E-state index contributed by atoms with van der Waals surface area (Å²) in [5, 5.41) is 14.9. The van der Waals surface area contributed by atoms with Gasteiger partial charge in [-0.3, -0.25) is 0 Å². The summed E-state index contributed by atoms with van der Waals surface area (Å²) in [6.07, 6.45) is 3.51. The molecule has 33 heavy (non-hydrogen) atoms. The van der Waals surface area contributed by atoms with E-state index in [0.717, 1.165) is 22.2 Å². The maximum atomic E-state index is 12.8. The van der Waals surface area contributed by atoms with Gasteiger partial charge in [0.15, 0.2) is 11.6 Å². The molecule has 0 bridgehead atoms. The smallest absolute Gasteiger partial charge is 0.159 e. The fourth-order valence-electron chi connectivity index (χ4n) is 3.52. The summed E-state index contributed by atoms with van der Waals surface area (Å²) in [5.74, 6) is 1.21. The van der Waals surface area contributed by atoms with E-state index in [0.29, 0.717) is 17.3 Å². The summed E-state index contributed by atoms with van der Waals surface area (Å²) in [6.45, 7) is 7.74. The van der Waals surface area contributed by atoms with Crippen molar-refractivity contribution in [3.05, 3.63) is 66.2 Å². The van der Waals surface area contributed by atoms with E-state index in [2.05, 4.69) is 15.1 Å². The predicted octanol–water partition coefficient (Wildman–Crippen LogP) is 3.82. The van der Waals surface area contributed by atoms with Crippen molar-refractivity contribution in [1.29, 1.82) is 0 Å². The Kier molecular flexibility index (Phi) is 6.49. The molecule has 1 N–H and O–H groups in total. The molecule has 0 aliphatic carbocycles. The van der Waals surface area contributed by atoms with Crippen LogP contribution in [0.15, 0.2) is 54.9 Å². The van der Waals surface area contributed by atoms with Gasteiger partial charge in [0.05, 0.1) is 35.8 Å². The second kappa shape index (κ2) is 9.18. The van der Waals surface area contributed by atoms with E-state index in [-0.39, 0.29) is 17.4 Å². The molecular formula is C24H28N6O2S. The van der Waals surface area contributed by atoms with Gasteiger partial charge in [-0.1, -0.05) is 18.2 Å². The lowest BCUT2D eigenvalue weighted by Crippen LogP contribution is -2.42. The first-order chi connectivity index (χ1) is 15.7. The molecule has 9 heteroatoms. The van der Waals surface area contributed by atoms with Crippen molar-refractivity contribution in [3.8, 4) is 17.2 Å². The minimum absolute atomic E-state index is 0.133. The largest absolute Gasteiger partial charge is 0.597 e. The fourth-order valence-corrected chi connectivity index (χ4v) is 4.78. The van der Waals surface area contributed by atoms with Crippen LogP contribution < -0.4 is 0 Å². The third-order valence-electron chi connectivity index (χ3n) is 5.44. The Morgan fingerprint density at radius 1 is 1.15 bits per heavy atom. The SMILES string of the molecule is C[C@@H](c1ccnc(-c2ccc3cnn(-c4cccc(CO)n4)c3c2)n1)N(C)[S+]([O-])C(C)(C)C. The van der Waals surface area contributed by atoms with Gasteiger partial charge in [-0.15, -0.1) is 4.31 Å². The van der Waals surface area contributed by atoms with E-state index in [1.807, 2.05) is 75.4 Å². The molecule has 2 atom stereocenters. The number of hydrogen-bond donors (Lipinski definition) is 1. The van der Waals surface area contributed by atoms with Gasteiger partial charge < -0.3 is 9.66 Å². The number of nitrogens with zero attached hydrogens (tertiary/aromatic N) is 6. The molecule has 3 heterocycles. The number of aliphatic hydroxyl groups is 1. The van der Waals surface area contributed by atoms with E-state index in [9.17, 15) is 9.66 Å². The molecule has 0 aliphatic heterocycles. The van der Waals surface area contributed by atoms with Gasteiger partial charge in [0.1, 0.15) is 4.75 Å². The molecule has 1 aromatic carbocycles. The van der Waals surface area contributed by atoms with Crippen molar-refractivity contribution in [2.75, 3.05) is 7.05 Å². The second-order valence-corrected chi connectivity index (χ2v) is 11.2. The summed E-state index contributed by atoms with van der Waals surface area (Å²) in [5.41, 5.74) is 3.08. The summed E-state index contributed by atoms with van der Waals surface area (Å²) >= 11 is -1.17. The molecule has 4 rings (SSSR count). The minimum Gasteiger partial charge on any atom is -0.597 e. The van der Waals surface area contributed by atoms with Crippen molar-refractivity contribution in [3.63, 3.8) is 0 Å². The van der Waals surface area contributed by atoms with Crippen LogP contribution in [0.1, 0.15) is 45.1 Å². The molecule has 0 saturated heterocycles. The van der Waals surface area contributed by atoms with Gasteiger partial charge in [0, 0.05) is 35.6 Å². The van der Waals surface area contributed by atoms with Crippen molar-refractivity contribution in [1.82, 2.24) is 29.0 Å². The standard InChI is InChI=1S/C24H28N6O2S/c1-16(29(5)33(32)24(2,3)4)20-11-12-25-23(28-20)17-9-10-18-14-26-30(21(18)13-17)22-8-6-7-19(15-31)27-22/h6-14,16,31H,15H2,1-5H3/t16-,33?/m0/s1. The monoisotopic (exact) mass is 464 g/mol. The van der Waals surface area contributed by atoms with E-state index in [1.165, 1.54) is 0 Å². The van der Waals surface area contributed by atoms with E-state index >= 15 is 0 Å². The Morgan fingerprint density at radius 2 is 1.94 bits per heavy atom. The minimum atomic E-state index is -1.17. The molecule has 4 aromatic rings. The van der Waals surface area contributed by atoms with Gasteiger partial charge in [0.2, 0.25) is 0 Å². The van der Waals surface area contributed by atoms with Crippen LogP contribution in [0.25, 0.3) is 28.1 Å². The zero-order valence-electron chi connectivity index (χ0n) is 19.4. The number of aromatic nitrogens is 5. The second-order valence-electron chi connectivity index (χ2n) is 8.86. The third-order valence-corrected chi connectivity index (χ3v) is 7.32. The van der Waals surface area contributed by atoms with Gasteiger partial charge in [0.25, 0.3) is 0 Å². The van der Waals surface area contributed by atoms with Crippen LogP contribution in [0.5, 0.6) is 0 Å². The van der Waals surface area contributed by atoms with Crippen LogP contribution in [0, 0.1) is 0 Å².